The molecule has 1 aliphatic rings. The van der Waals surface area contributed by atoms with Gasteiger partial charge >= 0.3 is 5.97 Å². The molecule has 1 aromatic carbocycles. The van der Waals surface area contributed by atoms with Gasteiger partial charge in [0, 0.05) is 25.2 Å². The summed E-state index contributed by atoms with van der Waals surface area (Å²) in [5.74, 6) is -2.49. The zero-order chi connectivity index (χ0) is 17.5. The molecule has 6 nitrogen and oxygen atoms in total. The predicted molar refractivity (Wildman–Crippen MR) is 86.0 cm³/mol. The SMILES string of the molecule is O=C(O)CCCCCNC(=O)C1CCN(c2ccc(F)cc2)C1=O. The smallest absolute Gasteiger partial charge is 0.303 e. The zero-order valence-electron chi connectivity index (χ0n) is 13.3. The van der Waals surface area contributed by atoms with Gasteiger partial charge in [-0.1, -0.05) is 6.42 Å². The van der Waals surface area contributed by atoms with Gasteiger partial charge in [-0.25, -0.2) is 4.39 Å². The molecule has 1 atom stereocenters. The summed E-state index contributed by atoms with van der Waals surface area (Å²) >= 11 is 0. The maximum Gasteiger partial charge on any atom is 0.303 e. The molecule has 1 saturated heterocycles. The summed E-state index contributed by atoms with van der Waals surface area (Å²) in [5.41, 5.74) is 0.588. The number of carboxylic acids is 1. The van der Waals surface area contributed by atoms with Crippen LogP contribution in [-0.4, -0.2) is 36.0 Å². The Morgan fingerprint density at radius 1 is 1.21 bits per heavy atom. The van der Waals surface area contributed by atoms with Crippen molar-refractivity contribution in [2.45, 2.75) is 32.1 Å². The minimum absolute atomic E-state index is 0.127. The van der Waals surface area contributed by atoms with Crippen molar-refractivity contribution in [3.05, 3.63) is 30.1 Å². The molecule has 0 aliphatic carbocycles. The summed E-state index contributed by atoms with van der Waals surface area (Å²) in [7, 11) is 0. The molecule has 1 aliphatic heterocycles. The highest BCUT2D eigenvalue weighted by atomic mass is 19.1. The van der Waals surface area contributed by atoms with Gasteiger partial charge in [0.25, 0.3) is 0 Å². The predicted octanol–water partition coefficient (Wildman–Crippen LogP) is 1.94. The second kappa shape index (κ2) is 8.42. The minimum atomic E-state index is -0.823. The summed E-state index contributed by atoms with van der Waals surface area (Å²) in [4.78, 5) is 36.3. The normalized spacial score (nSPS) is 17.1. The van der Waals surface area contributed by atoms with Crippen LogP contribution in [0, 0.1) is 11.7 Å². The Hall–Kier alpha value is -2.44. The van der Waals surface area contributed by atoms with Crippen LogP contribution in [0.25, 0.3) is 0 Å². The Morgan fingerprint density at radius 2 is 1.92 bits per heavy atom. The third kappa shape index (κ3) is 4.78. The molecule has 1 fully saturated rings. The number of nitrogens with zero attached hydrogens (tertiary/aromatic N) is 1. The molecule has 2 N–H and O–H groups in total. The molecular weight excluding hydrogens is 315 g/mol. The number of halogens is 1. The number of hydrogen-bond acceptors (Lipinski definition) is 3. The first-order valence-corrected chi connectivity index (χ1v) is 8.05. The van der Waals surface area contributed by atoms with Gasteiger partial charge in [0.15, 0.2) is 0 Å². The molecule has 7 heteroatoms. The van der Waals surface area contributed by atoms with E-state index in [0.717, 1.165) is 0 Å². The largest absolute Gasteiger partial charge is 0.481 e. The first-order chi connectivity index (χ1) is 11.5. The number of benzene rings is 1. The van der Waals surface area contributed by atoms with E-state index in [9.17, 15) is 18.8 Å². The Bertz CT molecular complexity index is 603. The molecule has 2 amide bonds. The lowest BCUT2D eigenvalue weighted by molar-refractivity contribution is -0.137. The van der Waals surface area contributed by atoms with Crippen molar-refractivity contribution in [1.29, 1.82) is 0 Å². The highest BCUT2D eigenvalue weighted by Gasteiger charge is 2.37. The van der Waals surface area contributed by atoms with Crippen LogP contribution in [0.2, 0.25) is 0 Å². The third-order valence-corrected chi connectivity index (χ3v) is 4.03. The van der Waals surface area contributed by atoms with Gasteiger partial charge in [-0.05, 0) is 43.5 Å². The van der Waals surface area contributed by atoms with Crippen molar-refractivity contribution >= 4 is 23.5 Å². The summed E-state index contributed by atoms with van der Waals surface area (Å²) in [6, 6.07) is 5.62. The number of hydrogen-bond donors (Lipinski definition) is 2. The van der Waals surface area contributed by atoms with Gasteiger partial charge < -0.3 is 15.3 Å². The Labute approximate surface area is 139 Å². The molecular formula is C17H21FN2O4. The van der Waals surface area contributed by atoms with Gasteiger partial charge in [-0.2, -0.15) is 0 Å². The van der Waals surface area contributed by atoms with E-state index >= 15 is 0 Å². The lowest BCUT2D eigenvalue weighted by Gasteiger charge is -2.16. The van der Waals surface area contributed by atoms with Crippen LogP contribution in [0.5, 0.6) is 0 Å². The number of carbonyl (C=O) groups is 3. The zero-order valence-corrected chi connectivity index (χ0v) is 13.3. The highest BCUT2D eigenvalue weighted by Crippen LogP contribution is 2.25. The lowest BCUT2D eigenvalue weighted by atomic mass is 10.1. The Morgan fingerprint density at radius 3 is 2.58 bits per heavy atom. The van der Waals surface area contributed by atoms with Crippen LogP contribution in [0.3, 0.4) is 0 Å². The summed E-state index contributed by atoms with van der Waals surface area (Å²) in [5, 5.41) is 11.3. The topological polar surface area (TPSA) is 86.7 Å². The van der Waals surface area contributed by atoms with Crippen molar-refractivity contribution in [1.82, 2.24) is 5.32 Å². The fourth-order valence-electron chi connectivity index (χ4n) is 2.71. The minimum Gasteiger partial charge on any atom is -0.481 e. The van der Waals surface area contributed by atoms with Crippen molar-refractivity contribution in [2.75, 3.05) is 18.0 Å². The molecule has 130 valence electrons. The van der Waals surface area contributed by atoms with E-state index in [1.165, 1.54) is 29.2 Å². The van der Waals surface area contributed by atoms with E-state index in [1.54, 1.807) is 0 Å². The standard InChI is InChI=1S/C17H21FN2O4/c18-12-5-7-13(8-6-12)20-11-9-14(17(20)24)16(23)19-10-3-1-2-4-15(21)22/h5-8,14H,1-4,9-11H2,(H,19,23)(H,21,22). The number of amides is 2. The van der Waals surface area contributed by atoms with E-state index < -0.39 is 11.9 Å². The van der Waals surface area contributed by atoms with Crippen LogP contribution in [0.15, 0.2) is 24.3 Å². The van der Waals surface area contributed by atoms with Crippen LogP contribution in [0.4, 0.5) is 10.1 Å². The maximum absolute atomic E-state index is 12.9. The summed E-state index contributed by atoms with van der Waals surface area (Å²) in [6.45, 7) is 0.861. The second-order valence-corrected chi connectivity index (χ2v) is 5.80. The Balaban J connectivity index is 1.76. The number of nitrogens with one attached hydrogen (secondary N) is 1. The van der Waals surface area contributed by atoms with Gasteiger partial charge in [0.1, 0.15) is 11.7 Å². The molecule has 24 heavy (non-hydrogen) atoms. The van der Waals surface area contributed by atoms with E-state index in [4.69, 9.17) is 5.11 Å². The first kappa shape index (κ1) is 17.9. The average molecular weight is 336 g/mol. The van der Waals surface area contributed by atoms with Gasteiger partial charge in [-0.3, -0.25) is 14.4 Å². The number of anilines is 1. The van der Waals surface area contributed by atoms with Gasteiger partial charge in [0.05, 0.1) is 0 Å². The molecule has 1 heterocycles. The number of carboxylic acid groups (broad SMARTS) is 1. The lowest BCUT2D eigenvalue weighted by Crippen LogP contribution is -2.37. The molecule has 0 spiro atoms. The molecule has 1 aromatic rings. The summed E-state index contributed by atoms with van der Waals surface area (Å²) in [6.07, 6.45) is 2.53. The molecule has 0 aromatic heterocycles. The van der Waals surface area contributed by atoms with Gasteiger partial charge in [-0.15, -0.1) is 0 Å². The van der Waals surface area contributed by atoms with E-state index in [0.29, 0.717) is 44.5 Å². The van der Waals surface area contributed by atoms with Crippen molar-refractivity contribution in [3.8, 4) is 0 Å². The van der Waals surface area contributed by atoms with Crippen molar-refractivity contribution in [3.63, 3.8) is 0 Å². The fraction of sp³-hybridized carbons (Fsp3) is 0.471. The fourth-order valence-corrected chi connectivity index (χ4v) is 2.71. The van der Waals surface area contributed by atoms with Crippen LogP contribution in [-0.2, 0) is 14.4 Å². The summed E-state index contributed by atoms with van der Waals surface area (Å²) < 4.78 is 12.9. The third-order valence-electron chi connectivity index (χ3n) is 4.03. The molecule has 0 radical (unpaired) electrons. The number of rotatable bonds is 8. The van der Waals surface area contributed by atoms with E-state index in [2.05, 4.69) is 5.32 Å². The van der Waals surface area contributed by atoms with E-state index in [1.807, 2.05) is 0 Å². The first-order valence-electron chi connectivity index (χ1n) is 8.05. The monoisotopic (exact) mass is 336 g/mol. The van der Waals surface area contributed by atoms with Crippen molar-refractivity contribution < 1.29 is 23.9 Å². The quantitative estimate of drug-likeness (QED) is 0.561. The number of aliphatic carboxylic acids is 1. The Kier molecular flexibility index (Phi) is 6.28. The van der Waals surface area contributed by atoms with Crippen LogP contribution in [0.1, 0.15) is 32.1 Å². The average Bonchev–Trinajstić information content (AvgIpc) is 2.93. The molecule has 0 bridgehead atoms. The van der Waals surface area contributed by atoms with E-state index in [-0.39, 0.29) is 24.1 Å². The molecule has 2 rings (SSSR count). The molecule has 1 unspecified atom stereocenters. The van der Waals surface area contributed by atoms with Crippen LogP contribution >= 0.6 is 0 Å². The maximum atomic E-state index is 12.9. The number of carbonyl (C=O) groups excluding carboxylic acids is 2. The second-order valence-electron chi connectivity index (χ2n) is 5.80. The molecule has 0 saturated carbocycles. The van der Waals surface area contributed by atoms with Gasteiger partial charge in [0.2, 0.25) is 11.8 Å². The number of unbranched alkanes of at least 4 members (excludes halogenated alkanes) is 2. The van der Waals surface area contributed by atoms with Crippen molar-refractivity contribution in [2.24, 2.45) is 5.92 Å². The van der Waals surface area contributed by atoms with Crippen LogP contribution < -0.4 is 10.2 Å². The highest BCUT2D eigenvalue weighted by molar-refractivity contribution is 6.09.